The molecule has 1 aliphatic carbocycles. The van der Waals surface area contributed by atoms with Gasteiger partial charge in [0.25, 0.3) is 0 Å². The lowest BCUT2D eigenvalue weighted by molar-refractivity contribution is 0.384. The Labute approximate surface area is 117 Å². The molecule has 0 radical (unpaired) electrons. The second-order valence-electron chi connectivity index (χ2n) is 4.80. The largest absolute Gasteiger partial charge is 0.351 e. The molecule has 3 rings (SSSR count). The number of halogens is 2. The minimum atomic E-state index is 0.405. The van der Waals surface area contributed by atoms with Gasteiger partial charge in [-0.25, -0.2) is 4.99 Å². The highest BCUT2D eigenvalue weighted by Crippen LogP contribution is 2.31. The van der Waals surface area contributed by atoms with Crippen molar-refractivity contribution in [1.29, 1.82) is 0 Å². The predicted octanol–water partition coefficient (Wildman–Crippen LogP) is 3.68. The standard InChI is InChI=1S/C13H15Cl2N3/c14-8-4-3-5-9(15)12(8)18-13-16-10-6-1-2-7-11(10)17-13/h3-5,10-11H,1-2,6-7H2,(H2,16,17,18). The van der Waals surface area contributed by atoms with Crippen molar-refractivity contribution < 1.29 is 0 Å². The van der Waals surface area contributed by atoms with Crippen LogP contribution in [0.3, 0.4) is 0 Å². The van der Waals surface area contributed by atoms with Gasteiger partial charge in [-0.05, 0) is 25.0 Å². The molecule has 2 aliphatic rings. The van der Waals surface area contributed by atoms with E-state index < -0.39 is 0 Å². The fraction of sp³-hybridized carbons (Fsp3) is 0.462. The molecule has 0 aromatic heterocycles. The minimum Gasteiger partial charge on any atom is -0.351 e. The van der Waals surface area contributed by atoms with Crippen LogP contribution < -0.4 is 10.6 Å². The first-order valence-corrected chi connectivity index (χ1v) is 7.05. The van der Waals surface area contributed by atoms with Gasteiger partial charge < -0.3 is 10.6 Å². The van der Waals surface area contributed by atoms with Crippen molar-refractivity contribution in [2.24, 2.45) is 4.99 Å². The third-order valence-electron chi connectivity index (χ3n) is 3.55. The number of nitrogens with one attached hydrogen (secondary N) is 2. The van der Waals surface area contributed by atoms with Crippen molar-refractivity contribution in [3.63, 3.8) is 0 Å². The fourth-order valence-electron chi connectivity index (χ4n) is 2.62. The van der Waals surface area contributed by atoms with Crippen LogP contribution in [0.25, 0.3) is 0 Å². The molecule has 0 spiro atoms. The Bertz CT molecular complexity index is 467. The van der Waals surface area contributed by atoms with Gasteiger partial charge in [0.2, 0.25) is 0 Å². The zero-order chi connectivity index (χ0) is 12.5. The maximum Gasteiger partial charge on any atom is 0.196 e. The van der Waals surface area contributed by atoms with E-state index in [1.54, 1.807) is 0 Å². The van der Waals surface area contributed by atoms with E-state index in [0.29, 0.717) is 22.1 Å². The average Bonchev–Trinajstić information content (AvgIpc) is 2.76. The first-order valence-electron chi connectivity index (χ1n) is 6.29. The highest BCUT2D eigenvalue weighted by molar-refractivity contribution is 6.39. The van der Waals surface area contributed by atoms with Gasteiger partial charge in [0.15, 0.2) is 5.96 Å². The van der Waals surface area contributed by atoms with Crippen LogP contribution in [0.15, 0.2) is 23.2 Å². The van der Waals surface area contributed by atoms with E-state index in [1.165, 1.54) is 25.7 Å². The van der Waals surface area contributed by atoms with Crippen LogP contribution in [0.2, 0.25) is 10.0 Å². The molecular weight excluding hydrogens is 269 g/mol. The molecule has 0 saturated heterocycles. The lowest BCUT2D eigenvalue weighted by Crippen LogP contribution is -2.38. The molecule has 1 heterocycles. The van der Waals surface area contributed by atoms with E-state index >= 15 is 0 Å². The lowest BCUT2D eigenvalue weighted by Gasteiger charge is -2.23. The smallest absolute Gasteiger partial charge is 0.196 e. The summed E-state index contributed by atoms with van der Waals surface area (Å²) in [4.78, 5) is 4.66. The zero-order valence-electron chi connectivity index (χ0n) is 9.92. The third kappa shape index (κ3) is 2.29. The van der Waals surface area contributed by atoms with Crippen LogP contribution in [-0.2, 0) is 0 Å². The van der Waals surface area contributed by atoms with Crippen LogP contribution in [0.4, 0.5) is 5.69 Å². The summed E-state index contributed by atoms with van der Waals surface area (Å²) in [6.07, 6.45) is 4.91. The van der Waals surface area contributed by atoms with Crippen LogP contribution in [0, 0.1) is 0 Å². The topological polar surface area (TPSA) is 36.4 Å². The van der Waals surface area contributed by atoms with Crippen molar-refractivity contribution in [3.8, 4) is 0 Å². The number of para-hydroxylation sites is 1. The third-order valence-corrected chi connectivity index (χ3v) is 4.18. The summed E-state index contributed by atoms with van der Waals surface area (Å²) >= 11 is 12.3. The summed E-state index contributed by atoms with van der Waals surface area (Å²) in [5.41, 5.74) is 0.728. The zero-order valence-corrected chi connectivity index (χ0v) is 11.4. The molecule has 96 valence electrons. The van der Waals surface area contributed by atoms with Crippen LogP contribution >= 0.6 is 23.2 Å². The molecule has 1 aliphatic heterocycles. The molecule has 5 heteroatoms. The van der Waals surface area contributed by atoms with Crippen molar-refractivity contribution in [1.82, 2.24) is 5.32 Å². The highest BCUT2D eigenvalue weighted by Gasteiger charge is 2.31. The molecule has 0 bridgehead atoms. The number of hydrogen-bond donors (Lipinski definition) is 2. The number of anilines is 1. The maximum absolute atomic E-state index is 6.13. The number of aliphatic imine (C=N–C) groups is 1. The van der Waals surface area contributed by atoms with E-state index in [2.05, 4.69) is 15.6 Å². The molecular formula is C13H15Cl2N3. The van der Waals surface area contributed by atoms with E-state index in [0.717, 1.165) is 11.6 Å². The molecule has 1 aromatic carbocycles. The first-order chi connectivity index (χ1) is 8.74. The van der Waals surface area contributed by atoms with E-state index in [-0.39, 0.29) is 0 Å². The quantitative estimate of drug-likeness (QED) is 0.825. The molecule has 2 N–H and O–H groups in total. The molecule has 1 aromatic rings. The van der Waals surface area contributed by atoms with Crippen molar-refractivity contribution >= 4 is 34.8 Å². The fourth-order valence-corrected chi connectivity index (χ4v) is 3.11. The SMILES string of the molecule is Clc1cccc(Cl)c1NC1=NC2CCCCC2N1. The van der Waals surface area contributed by atoms with E-state index in [4.69, 9.17) is 23.2 Å². The summed E-state index contributed by atoms with van der Waals surface area (Å²) in [7, 11) is 0. The Morgan fingerprint density at radius 2 is 1.89 bits per heavy atom. The highest BCUT2D eigenvalue weighted by atomic mass is 35.5. The number of benzene rings is 1. The number of nitrogens with zero attached hydrogens (tertiary/aromatic N) is 1. The Morgan fingerprint density at radius 3 is 2.61 bits per heavy atom. The molecule has 0 amide bonds. The Hall–Kier alpha value is -0.930. The monoisotopic (exact) mass is 283 g/mol. The van der Waals surface area contributed by atoms with Gasteiger partial charge in [-0.2, -0.15) is 0 Å². The van der Waals surface area contributed by atoms with Crippen molar-refractivity contribution in [3.05, 3.63) is 28.2 Å². The normalized spacial score (nSPS) is 26.2. The van der Waals surface area contributed by atoms with Crippen molar-refractivity contribution in [2.75, 3.05) is 5.32 Å². The Balaban J connectivity index is 1.77. The molecule has 18 heavy (non-hydrogen) atoms. The molecule has 2 atom stereocenters. The van der Waals surface area contributed by atoms with Crippen LogP contribution in [-0.4, -0.2) is 18.0 Å². The summed E-state index contributed by atoms with van der Waals surface area (Å²) in [5, 5.41) is 7.85. The van der Waals surface area contributed by atoms with Gasteiger partial charge in [0, 0.05) is 0 Å². The van der Waals surface area contributed by atoms with E-state index in [1.807, 2.05) is 18.2 Å². The second-order valence-corrected chi connectivity index (χ2v) is 5.62. The van der Waals surface area contributed by atoms with Gasteiger partial charge in [-0.15, -0.1) is 0 Å². The summed E-state index contributed by atoms with van der Waals surface area (Å²) in [6.45, 7) is 0. The van der Waals surface area contributed by atoms with Crippen LogP contribution in [0.1, 0.15) is 25.7 Å². The first kappa shape index (κ1) is 12.1. The number of hydrogen-bond acceptors (Lipinski definition) is 3. The van der Waals surface area contributed by atoms with Gasteiger partial charge in [-0.1, -0.05) is 42.1 Å². The van der Waals surface area contributed by atoms with Gasteiger partial charge in [0.1, 0.15) is 0 Å². The minimum absolute atomic E-state index is 0.405. The maximum atomic E-state index is 6.13. The van der Waals surface area contributed by atoms with Gasteiger partial charge >= 0.3 is 0 Å². The molecule has 1 saturated carbocycles. The summed E-state index contributed by atoms with van der Waals surface area (Å²) < 4.78 is 0. The Morgan fingerprint density at radius 1 is 1.17 bits per heavy atom. The lowest BCUT2D eigenvalue weighted by atomic mass is 9.92. The number of guanidine groups is 1. The van der Waals surface area contributed by atoms with Gasteiger partial charge in [0.05, 0.1) is 27.8 Å². The van der Waals surface area contributed by atoms with E-state index in [9.17, 15) is 0 Å². The molecule has 3 nitrogen and oxygen atoms in total. The van der Waals surface area contributed by atoms with Crippen LogP contribution in [0.5, 0.6) is 0 Å². The number of fused-ring (bicyclic) bond motifs is 1. The van der Waals surface area contributed by atoms with Crippen molar-refractivity contribution in [2.45, 2.75) is 37.8 Å². The average molecular weight is 284 g/mol. The Kier molecular flexibility index (Phi) is 3.35. The van der Waals surface area contributed by atoms with Gasteiger partial charge in [-0.3, -0.25) is 0 Å². The predicted molar refractivity (Wildman–Crippen MR) is 76.7 cm³/mol. The molecule has 2 unspecified atom stereocenters. The number of rotatable bonds is 1. The molecule has 1 fully saturated rings. The second kappa shape index (κ2) is 4.98. The summed E-state index contributed by atoms with van der Waals surface area (Å²) in [6, 6.07) is 6.35. The summed E-state index contributed by atoms with van der Waals surface area (Å²) in [5.74, 6) is 0.793.